The molecule has 1 saturated heterocycles. The third-order valence-corrected chi connectivity index (χ3v) is 5.29. The summed E-state index contributed by atoms with van der Waals surface area (Å²) in [7, 11) is 0. The van der Waals surface area contributed by atoms with E-state index in [9.17, 15) is 9.18 Å². The standard InChI is InChI=1S/C17H17FN6OS/c1-10-21-24-15(26-10)11-2-3-13-12(8-11)9-14(23-22-13)20-16(25)17(18)4-6-19-7-5-17/h2-3,8-9,19H,4-7H2,1H3,(H,20,23,25). The van der Waals surface area contributed by atoms with Crippen LogP contribution in [0.1, 0.15) is 17.8 Å². The molecule has 1 amide bonds. The van der Waals surface area contributed by atoms with Gasteiger partial charge in [0.05, 0.1) is 5.52 Å². The van der Waals surface area contributed by atoms with Crippen molar-refractivity contribution in [2.45, 2.75) is 25.4 Å². The van der Waals surface area contributed by atoms with Crippen molar-refractivity contribution in [2.75, 3.05) is 18.4 Å². The van der Waals surface area contributed by atoms with Gasteiger partial charge in [-0.15, -0.1) is 20.4 Å². The van der Waals surface area contributed by atoms with E-state index in [-0.39, 0.29) is 18.7 Å². The second-order valence-corrected chi connectivity index (χ2v) is 7.48. The van der Waals surface area contributed by atoms with E-state index in [0.717, 1.165) is 21.0 Å². The molecule has 0 aliphatic carbocycles. The first-order valence-electron chi connectivity index (χ1n) is 8.33. The van der Waals surface area contributed by atoms with Crippen molar-refractivity contribution < 1.29 is 9.18 Å². The highest BCUT2D eigenvalue weighted by Crippen LogP contribution is 2.28. The van der Waals surface area contributed by atoms with Crippen molar-refractivity contribution in [1.29, 1.82) is 0 Å². The molecular formula is C17H17FN6OS. The number of aromatic nitrogens is 4. The van der Waals surface area contributed by atoms with Crippen LogP contribution in [0.25, 0.3) is 21.5 Å². The van der Waals surface area contributed by atoms with Crippen molar-refractivity contribution in [1.82, 2.24) is 25.7 Å². The van der Waals surface area contributed by atoms with Crippen molar-refractivity contribution in [3.05, 3.63) is 29.3 Å². The van der Waals surface area contributed by atoms with Crippen molar-refractivity contribution in [3.8, 4) is 10.6 Å². The molecule has 0 spiro atoms. The summed E-state index contributed by atoms with van der Waals surface area (Å²) in [6.07, 6.45) is 0.306. The maximum Gasteiger partial charge on any atom is 0.263 e. The van der Waals surface area contributed by atoms with Gasteiger partial charge in [-0.2, -0.15) is 0 Å². The number of nitrogens with zero attached hydrogens (tertiary/aromatic N) is 4. The summed E-state index contributed by atoms with van der Waals surface area (Å²) in [6, 6.07) is 7.35. The fourth-order valence-electron chi connectivity index (χ4n) is 2.93. The average Bonchev–Trinajstić information content (AvgIpc) is 3.08. The lowest BCUT2D eigenvalue weighted by Gasteiger charge is -2.28. The maximum absolute atomic E-state index is 14.7. The lowest BCUT2D eigenvalue weighted by Crippen LogP contribution is -2.47. The third-order valence-electron chi connectivity index (χ3n) is 4.40. The summed E-state index contributed by atoms with van der Waals surface area (Å²) < 4.78 is 14.7. The smallest absolute Gasteiger partial charge is 0.263 e. The predicted molar refractivity (Wildman–Crippen MR) is 97.8 cm³/mol. The predicted octanol–water partition coefficient (Wildman–Crippen LogP) is 2.49. The highest BCUT2D eigenvalue weighted by atomic mass is 32.1. The number of aryl methyl sites for hydroxylation is 1. The first-order valence-corrected chi connectivity index (χ1v) is 9.14. The second kappa shape index (κ2) is 6.65. The van der Waals surface area contributed by atoms with Gasteiger partial charge in [-0.25, -0.2) is 4.39 Å². The molecule has 9 heteroatoms. The Bertz CT molecular complexity index is 969. The molecule has 2 N–H and O–H groups in total. The van der Waals surface area contributed by atoms with E-state index in [1.54, 1.807) is 6.07 Å². The molecular weight excluding hydrogens is 355 g/mol. The summed E-state index contributed by atoms with van der Waals surface area (Å²) in [4.78, 5) is 12.3. The van der Waals surface area contributed by atoms with Crippen LogP contribution in [0.4, 0.5) is 10.2 Å². The molecule has 0 unspecified atom stereocenters. The summed E-state index contributed by atoms with van der Waals surface area (Å²) >= 11 is 1.50. The van der Waals surface area contributed by atoms with E-state index < -0.39 is 11.6 Å². The number of benzene rings is 1. The van der Waals surface area contributed by atoms with E-state index in [0.29, 0.717) is 18.6 Å². The molecule has 3 aromatic rings. The van der Waals surface area contributed by atoms with Gasteiger partial charge in [0, 0.05) is 23.8 Å². The highest BCUT2D eigenvalue weighted by molar-refractivity contribution is 7.14. The molecule has 1 aromatic carbocycles. The number of carbonyl (C=O) groups is 1. The van der Waals surface area contributed by atoms with E-state index in [1.807, 2.05) is 25.1 Å². The summed E-state index contributed by atoms with van der Waals surface area (Å²) in [5, 5.41) is 24.4. The molecule has 0 saturated carbocycles. The Morgan fingerprint density at radius 1 is 1.19 bits per heavy atom. The first kappa shape index (κ1) is 16.9. The molecule has 2 aromatic heterocycles. The number of piperidine rings is 1. The van der Waals surface area contributed by atoms with Gasteiger partial charge in [0.15, 0.2) is 11.5 Å². The van der Waals surface area contributed by atoms with Crippen LogP contribution in [0.2, 0.25) is 0 Å². The number of alkyl halides is 1. The van der Waals surface area contributed by atoms with Gasteiger partial charge in [0.2, 0.25) is 0 Å². The molecule has 0 bridgehead atoms. The minimum atomic E-state index is -1.87. The fourth-order valence-corrected chi connectivity index (χ4v) is 3.62. The number of fused-ring (bicyclic) bond motifs is 1. The Morgan fingerprint density at radius 3 is 2.73 bits per heavy atom. The van der Waals surface area contributed by atoms with Crippen molar-refractivity contribution in [3.63, 3.8) is 0 Å². The number of amides is 1. The van der Waals surface area contributed by atoms with Crippen molar-refractivity contribution in [2.24, 2.45) is 0 Å². The van der Waals surface area contributed by atoms with Crippen LogP contribution in [-0.4, -0.2) is 45.1 Å². The third kappa shape index (κ3) is 3.27. The minimum Gasteiger partial charge on any atom is -0.316 e. The fraction of sp³-hybridized carbons (Fsp3) is 0.353. The zero-order valence-corrected chi connectivity index (χ0v) is 14.9. The molecule has 0 radical (unpaired) electrons. The lowest BCUT2D eigenvalue weighted by atomic mass is 9.93. The van der Waals surface area contributed by atoms with E-state index >= 15 is 0 Å². The van der Waals surface area contributed by atoms with Crippen molar-refractivity contribution >= 4 is 34.0 Å². The number of hydrogen-bond acceptors (Lipinski definition) is 7. The quantitative estimate of drug-likeness (QED) is 0.734. The molecule has 26 heavy (non-hydrogen) atoms. The molecule has 1 fully saturated rings. The molecule has 4 rings (SSSR count). The Labute approximate surface area is 153 Å². The van der Waals surface area contributed by atoms with Crippen LogP contribution in [0, 0.1) is 6.92 Å². The number of rotatable bonds is 3. The van der Waals surface area contributed by atoms with E-state index in [4.69, 9.17) is 0 Å². The molecule has 7 nitrogen and oxygen atoms in total. The Balaban J connectivity index is 1.61. The zero-order chi connectivity index (χ0) is 18.1. The highest BCUT2D eigenvalue weighted by Gasteiger charge is 2.39. The topological polar surface area (TPSA) is 92.7 Å². The number of anilines is 1. The van der Waals surface area contributed by atoms with Gasteiger partial charge in [-0.1, -0.05) is 11.3 Å². The maximum atomic E-state index is 14.7. The van der Waals surface area contributed by atoms with Crippen LogP contribution in [0.5, 0.6) is 0 Å². The zero-order valence-electron chi connectivity index (χ0n) is 14.1. The van der Waals surface area contributed by atoms with E-state index in [2.05, 4.69) is 31.0 Å². The molecule has 3 heterocycles. The Morgan fingerprint density at radius 2 is 2.00 bits per heavy atom. The second-order valence-electron chi connectivity index (χ2n) is 6.30. The van der Waals surface area contributed by atoms with Gasteiger partial charge in [0.1, 0.15) is 10.0 Å². The summed E-state index contributed by atoms with van der Waals surface area (Å²) in [5.74, 6) is -0.424. The van der Waals surface area contributed by atoms with Crippen LogP contribution in [0.3, 0.4) is 0 Å². The van der Waals surface area contributed by atoms with Gasteiger partial charge in [-0.3, -0.25) is 4.79 Å². The molecule has 1 aliphatic rings. The molecule has 0 atom stereocenters. The Hall–Kier alpha value is -2.52. The lowest BCUT2D eigenvalue weighted by molar-refractivity contribution is -0.129. The monoisotopic (exact) mass is 372 g/mol. The number of hydrogen-bond donors (Lipinski definition) is 2. The van der Waals surface area contributed by atoms with Crippen LogP contribution in [-0.2, 0) is 4.79 Å². The normalized spacial score (nSPS) is 16.5. The Kier molecular flexibility index (Phi) is 4.33. The summed E-state index contributed by atoms with van der Waals surface area (Å²) in [5.41, 5.74) is -0.271. The van der Waals surface area contributed by atoms with Crippen LogP contribution in [0.15, 0.2) is 24.3 Å². The molecule has 134 valence electrons. The average molecular weight is 372 g/mol. The van der Waals surface area contributed by atoms with Crippen LogP contribution >= 0.6 is 11.3 Å². The van der Waals surface area contributed by atoms with Gasteiger partial charge >= 0.3 is 0 Å². The first-order chi connectivity index (χ1) is 12.5. The largest absolute Gasteiger partial charge is 0.316 e. The van der Waals surface area contributed by atoms with E-state index in [1.165, 1.54) is 11.3 Å². The SMILES string of the molecule is Cc1nnc(-c2ccc3nnc(NC(=O)C4(F)CCNCC4)cc3c2)s1. The number of nitrogens with one attached hydrogen (secondary N) is 2. The number of halogens is 1. The molecule has 1 aliphatic heterocycles. The minimum absolute atomic E-state index is 0.153. The van der Waals surface area contributed by atoms with Gasteiger partial charge < -0.3 is 10.6 Å². The van der Waals surface area contributed by atoms with Crippen LogP contribution < -0.4 is 10.6 Å². The van der Waals surface area contributed by atoms with Gasteiger partial charge in [0.25, 0.3) is 5.91 Å². The summed E-state index contributed by atoms with van der Waals surface area (Å²) in [6.45, 7) is 2.87. The number of carbonyl (C=O) groups excluding carboxylic acids is 1. The van der Waals surface area contributed by atoms with Gasteiger partial charge in [-0.05, 0) is 44.3 Å².